The van der Waals surface area contributed by atoms with E-state index in [1.807, 2.05) is 6.92 Å². The highest BCUT2D eigenvalue weighted by atomic mass is 32.2. The standard InChI is InChI=1S/C24H26N2O6S/c1-3-31-19-10-8-18(9-11-19)25-24(27)22-6-4-5-7-23(22)26-33(28,29)21-14-12-20(13-15-21)32-17-16-30-2/h4-15,26H,3,16-17H2,1-2H3,(H,25,27). The van der Waals surface area contributed by atoms with E-state index in [0.29, 0.717) is 37.0 Å². The molecule has 0 unspecified atom stereocenters. The second-order valence-corrected chi connectivity index (χ2v) is 8.56. The van der Waals surface area contributed by atoms with Crippen molar-refractivity contribution in [2.45, 2.75) is 11.8 Å². The molecule has 1 amide bonds. The summed E-state index contributed by atoms with van der Waals surface area (Å²) in [5, 5.41) is 2.77. The number of para-hydroxylation sites is 1. The first kappa shape index (κ1) is 24.1. The topological polar surface area (TPSA) is 103 Å². The highest BCUT2D eigenvalue weighted by Gasteiger charge is 2.19. The number of amides is 1. The minimum Gasteiger partial charge on any atom is -0.494 e. The molecule has 0 aliphatic rings. The van der Waals surface area contributed by atoms with Gasteiger partial charge in [-0.05, 0) is 67.6 Å². The summed E-state index contributed by atoms with van der Waals surface area (Å²) >= 11 is 0. The molecular formula is C24H26N2O6S. The van der Waals surface area contributed by atoms with Crippen LogP contribution in [0.5, 0.6) is 11.5 Å². The average Bonchev–Trinajstić information content (AvgIpc) is 2.81. The molecule has 2 N–H and O–H groups in total. The predicted octanol–water partition coefficient (Wildman–Crippen LogP) is 4.16. The van der Waals surface area contributed by atoms with Crippen LogP contribution in [0.15, 0.2) is 77.7 Å². The van der Waals surface area contributed by atoms with Gasteiger partial charge in [0.2, 0.25) is 0 Å². The third kappa shape index (κ3) is 6.71. The zero-order valence-corrected chi connectivity index (χ0v) is 19.2. The lowest BCUT2D eigenvalue weighted by molar-refractivity contribution is 0.102. The van der Waals surface area contributed by atoms with Crippen LogP contribution in [0.2, 0.25) is 0 Å². The molecule has 0 aliphatic carbocycles. The molecule has 0 radical (unpaired) electrons. The molecule has 33 heavy (non-hydrogen) atoms. The number of hydrogen-bond acceptors (Lipinski definition) is 6. The van der Waals surface area contributed by atoms with E-state index in [0.717, 1.165) is 0 Å². The first-order chi connectivity index (χ1) is 15.9. The number of nitrogens with one attached hydrogen (secondary N) is 2. The lowest BCUT2D eigenvalue weighted by Gasteiger charge is -2.13. The number of sulfonamides is 1. The number of carbonyl (C=O) groups is 1. The molecule has 0 atom stereocenters. The van der Waals surface area contributed by atoms with Gasteiger partial charge in [-0.15, -0.1) is 0 Å². The molecule has 0 saturated carbocycles. The van der Waals surface area contributed by atoms with E-state index >= 15 is 0 Å². The van der Waals surface area contributed by atoms with Crippen molar-refractivity contribution in [3.63, 3.8) is 0 Å². The van der Waals surface area contributed by atoms with Gasteiger partial charge in [-0.25, -0.2) is 8.42 Å². The van der Waals surface area contributed by atoms with Crippen LogP contribution in [0.4, 0.5) is 11.4 Å². The summed E-state index contributed by atoms with van der Waals surface area (Å²) in [5.74, 6) is 0.777. The van der Waals surface area contributed by atoms with Gasteiger partial charge in [-0.3, -0.25) is 9.52 Å². The van der Waals surface area contributed by atoms with Gasteiger partial charge in [0.15, 0.2) is 0 Å². The van der Waals surface area contributed by atoms with Crippen LogP contribution in [0.3, 0.4) is 0 Å². The molecule has 0 spiro atoms. The van der Waals surface area contributed by atoms with Crippen molar-refractivity contribution in [3.05, 3.63) is 78.4 Å². The summed E-state index contributed by atoms with van der Waals surface area (Å²) in [6.07, 6.45) is 0. The van der Waals surface area contributed by atoms with Crippen molar-refractivity contribution in [2.75, 3.05) is 37.0 Å². The Labute approximate surface area is 193 Å². The van der Waals surface area contributed by atoms with Gasteiger partial charge >= 0.3 is 0 Å². The summed E-state index contributed by atoms with van der Waals surface area (Å²) in [6.45, 7) is 3.22. The van der Waals surface area contributed by atoms with Crippen LogP contribution in [0.1, 0.15) is 17.3 Å². The molecule has 0 heterocycles. The molecule has 3 aromatic rings. The van der Waals surface area contributed by atoms with Crippen LogP contribution >= 0.6 is 0 Å². The third-order valence-electron chi connectivity index (χ3n) is 4.53. The molecule has 3 rings (SSSR count). The molecule has 0 saturated heterocycles. The Bertz CT molecular complexity index is 1160. The molecule has 8 nitrogen and oxygen atoms in total. The highest BCUT2D eigenvalue weighted by molar-refractivity contribution is 7.92. The molecule has 0 fully saturated rings. The summed E-state index contributed by atoms with van der Waals surface area (Å²) in [4.78, 5) is 12.9. The van der Waals surface area contributed by atoms with Crippen LogP contribution in [-0.2, 0) is 14.8 Å². The Hall–Kier alpha value is -3.56. The number of anilines is 2. The Morgan fingerprint density at radius 1 is 0.848 bits per heavy atom. The monoisotopic (exact) mass is 470 g/mol. The number of benzene rings is 3. The SMILES string of the molecule is CCOc1ccc(NC(=O)c2ccccc2NS(=O)(=O)c2ccc(OCCOC)cc2)cc1. The van der Waals surface area contributed by atoms with Gasteiger partial charge in [-0.1, -0.05) is 12.1 Å². The van der Waals surface area contributed by atoms with Crippen molar-refractivity contribution in [2.24, 2.45) is 0 Å². The van der Waals surface area contributed by atoms with Gasteiger partial charge in [0.25, 0.3) is 15.9 Å². The molecule has 0 aromatic heterocycles. The quantitative estimate of drug-likeness (QED) is 0.408. The van der Waals surface area contributed by atoms with Gasteiger partial charge in [0.05, 0.1) is 29.4 Å². The molecule has 174 valence electrons. The number of ether oxygens (including phenoxy) is 3. The van der Waals surface area contributed by atoms with E-state index in [-0.39, 0.29) is 16.1 Å². The summed E-state index contributed by atoms with van der Waals surface area (Å²) in [5.41, 5.74) is 0.918. The van der Waals surface area contributed by atoms with E-state index < -0.39 is 15.9 Å². The fourth-order valence-electron chi connectivity index (χ4n) is 2.93. The fraction of sp³-hybridized carbons (Fsp3) is 0.208. The van der Waals surface area contributed by atoms with E-state index in [2.05, 4.69) is 10.0 Å². The van der Waals surface area contributed by atoms with Crippen molar-refractivity contribution >= 4 is 27.3 Å². The third-order valence-corrected chi connectivity index (χ3v) is 5.91. The predicted molar refractivity (Wildman–Crippen MR) is 127 cm³/mol. The Morgan fingerprint density at radius 3 is 2.15 bits per heavy atom. The normalized spacial score (nSPS) is 11.0. The Morgan fingerprint density at radius 2 is 1.48 bits per heavy atom. The summed E-state index contributed by atoms with van der Waals surface area (Å²) in [7, 11) is -2.35. The lowest BCUT2D eigenvalue weighted by Crippen LogP contribution is -2.18. The molecule has 0 bridgehead atoms. The van der Waals surface area contributed by atoms with E-state index in [1.54, 1.807) is 61.7 Å². The smallest absolute Gasteiger partial charge is 0.261 e. The summed E-state index contributed by atoms with van der Waals surface area (Å²) in [6, 6.07) is 19.3. The van der Waals surface area contributed by atoms with Crippen LogP contribution in [-0.4, -0.2) is 41.3 Å². The first-order valence-electron chi connectivity index (χ1n) is 10.3. The minimum atomic E-state index is -3.92. The van der Waals surface area contributed by atoms with Gasteiger partial charge in [0.1, 0.15) is 18.1 Å². The minimum absolute atomic E-state index is 0.0447. The number of rotatable bonds is 11. The number of carbonyl (C=O) groups excluding carboxylic acids is 1. The second kappa shape index (κ2) is 11.3. The zero-order valence-electron chi connectivity index (χ0n) is 18.4. The Kier molecular flexibility index (Phi) is 8.28. The summed E-state index contributed by atoms with van der Waals surface area (Å²) < 4.78 is 44.1. The molecule has 9 heteroatoms. The van der Waals surface area contributed by atoms with E-state index in [1.165, 1.54) is 18.2 Å². The van der Waals surface area contributed by atoms with Crippen molar-refractivity contribution in [3.8, 4) is 11.5 Å². The molecule has 0 aliphatic heterocycles. The maximum absolute atomic E-state index is 12.9. The van der Waals surface area contributed by atoms with Crippen LogP contribution < -0.4 is 19.5 Å². The largest absolute Gasteiger partial charge is 0.494 e. The van der Waals surface area contributed by atoms with Gasteiger partial charge < -0.3 is 19.5 Å². The van der Waals surface area contributed by atoms with E-state index in [9.17, 15) is 13.2 Å². The molecule has 3 aromatic carbocycles. The maximum Gasteiger partial charge on any atom is 0.261 e. The van der Waals surface area contributed by atoms with Gasteiger partial charge in [-0.2, -0.15) is 0 Å². The first-order valence-corrected chi connectivity index (χ1v) is 11.8. The Balaban J connectivity index is 1.73. The van der Waals surface area contributed by atoms with Crippen molar-refractivity contribution in [1.82, 2.24) is 0 Å². The second-order valence-electron chi connectivity index (χ2n) is 6.88. The maximum atomic E-state index is 12.9. The van der Waals surface area contributed by atoms with E-state index in [4.69, 9.17) is 14.2 Å². The zero-order chi connectivity index (χ0) is 23.7. The van der Waals surface area contributed by atoms with Crippen molar-refractivity contribution in [1.29, 1.82) is 0 Å². The number of hydrogen-bond donors (Lipinski definition) is 2. The number of methoxy groups -OCH3 is 1. The molecular weight excluding hydrogens is 444 g/mol. The lowest BCUT2D eigenvalue weighted by atomic mass is 10.1. The fourth-order valence-corrected chi connectivity index (χ4v) is 4.01. The van der Waals surface area contributed by atoms with Crippen molar-refractivity contribution < 1.29 is 27.4 Å². The highest BCUT2D eigenvalue weighted by Crippen LogP contribution is 2.23. The van der Waals surface area contributed by atoms with Crippen LogP contribution in [0.25, 0.3) is 0 Å². The van der Waals surface area contributed by atoms with Crippen LogP contribution in [0, 0.1) is 0 Å². The average molecular weight is 471 g/mol. The van der Waals surface area contributed by atoms with Gasteiger partial charge in [0, 0.05) is 12.8 Å².